The number of aryl methyl sites for hydroxylation is 2. The van der Waals surface area contributed by atoms with E-state index >= 15 is 0 Å². The molecule has 1 atom stereocenters. The van der Waals surface area contributed by atoms with Crippen LogP contribution in [0.5, 0.6) is 0 Å². The van der Waals surface area contributed by atoms with Crippen LogP contribution in [0, 0.1) is 6.92 Å². The van der Waals surface area contributed by atoms with E-state index in [2.05, 4.69) is 15.3 Å². The third-order valence-corrected chi connectivity index (χ3v) is 4.10. The summed E-state index contributed by atoms with van der Waals surface area (Å²) >= 11 is 0. The van der Waals surface area contributed by atoms with E-state index < -0.39 is 0 Å². The molecule has 1 amide bonds. The van der Waals surface area contributed by atoms with Crippen LogP contribution in [-0.2, 0) is 11.2 Å². The molecule has 1 fully saturated rings. The van der Waals surface area contributed by atoms with Gasteiger partial charge >= 0.3 is 0 Å². The fraction of sp³-hybridized carbons (Fsp3) is 0.625. The third-order valence-electron chi connectivity index (χ3n) is 4.10. The molecular formula is C16H22N4O3. The highest BCUT2D eigenvalue weighted by Crippen LogP contribution is 2.32. The van der Waals surface area contributed by atoms with E-state index in [1.807, 2.05) is 31.7 Å². The van der Waals surface area contributed by atoms with Crippen LogP contribution in [0.1, 0.15) is 68.2 Å². The number of carbonyl (C=O) groups excluding carboxylic acids is 1. The lowest BCUT2D eigenvalue weighted by Gasteiger charge is -2.22. The van der Waals surface area contributed by atoms with Crippen LogP contribution in [0.25, 0.3) is 0 Å². The predicted octanol–water partition coefficient (Wildman–Crippen LogP) is 2.79. The van der Waals surface area contributed by atoms with Gasteiger partial charge in [0.1, 0.15) is 0 Å². The van der Waals surface area contributed by atoms with Gasteiger partial charge in [0, 0.05) is 31.4 Å². The Balaban J connectivity index is 1.60. The molecule has 0 spiro atoms. The number of likely N-dealkylation sites (tertiary alicyclic amines) is 1. The van der Waals surface area contributed by atoms with Gasteiger partial charge in [-0.25, -0.2) is 0 Å². The van der Waals surface area contributed by atoms with Crippen molar-refractivity contribution in [3.05, 3.63) is 29.2 Å². The highest BCUT2D eigenvalue weighted by Gasteiger charge is 2.32. The van der Waals surface area contributed by atoms with Gasteiger partial charge in [0.05, 0.1) is 11.7 Å². The van der Waals surface area contributed by atoms with Crippen molar-refractivity contribution in [2.75, 3.05) is 6.54 Å². The molecule has 0 saturated carbocycles. The first-order valence-electron chi connectivity index (χ1n) is 8.09. The van der Waals surface area contributed by atoms with Gasteiger partial charge < -0.3 is 13.9 Å². The van der Waals surface area contributed by atoms with Crippen LogP contribution >= 0.6 is 0 Å². The molecule has 1 saturated heterocycles. The van der Waals surface area contributed by atoms with Crippen LogP contribution in [0.15, 0.2) is 15.1 Å². The minimum atomic E-state index is -0.00221. The first-order valence-corrected chi connectivity index (χ1v) is 8.09. The van der Waals surface area contributed by atoms with E-state index in [1.165, 1.54) is 0 Å². The Morgan fingerprint density at radius 2 is 2.22 bits per heavy atom. The van der Waals surface area contributed by atoms with Crippen molar-refractivity contribution >= 4 is 5.91 Å². The van der Waals surface area contributed by atoms with Gasteiger partial charge in [0.2, 0.25) is 11.8 Å². The van der Waals surface area contributed by atoms with Crippen molar-refractivity contribution in [3.63, 3.8) is 0 Å². The molecule has 7 nitrogen and oxygen atoms in total. The average molecular weight is 318 g/mol. The number of nitrogens with zero attached hydrogens (tertiary/aromatic N) is 4. The number of carbonyl (C=O) groups is 1. The summed E-state index contributed by atoms with van der Waals surface area (Å²) in [5.41, 5.74) is 0.839. The van der Waals surface area contributed by atoms with Gasteiger partial charge in [-0.1, -0.05) is 24.2 Å². The molecule has 23 heavy (non-hydrogen) atoms. The minimum Gasteiger partial charge on any atom is -0.359 e. The van der Waals surface area contributed by atoms with Crippen LogP contribution < -0.4 is 0 Å². The van der Waals surface area contributed by atoms with E-state index in [4.69, 9.17) is 9.05 Å². The van der Waals surface area contributed by atoms with Crippen LogP contribution in [0.3, 0.4) is 0 Å². The number of hydrogen-bond acceptors (Lipinski definition) is 6. The van der Waals surface area contributed by atoms with Crippen LogP contribution in [-0.4, -0.2) is 32.6 Å². The molecule has 0 radical (unpaired) electrons. The van der Waals surface area contributed by atoms with E-state index in [9.17, 15) is 4.79 Å². The summed E-state index contributed by atoms with van der Waals surface area (Å²) < 4.78 is 10.5. The molecule has 2 aromatic heterocycles. The lowest BCUT2D eigenvalue weighted by molar-refractivity contribution is -0.132. The Bertz CT molecular complexity index is 676. The second-order valence-electron chi connectivity index (χ2n) is 6.32. The first-order chi connectivity index (χ1) is 11.0. The standard InChI is InChI=1S/C16H22N4O3/c1-10(2)16-17-14(23-19-16)6-7-15(21)20-8-4-5-12(20)13-9-11(3)18-22-13/h9-10,12H,4-8H2,1-3H3/t12-/m1/s1. The summed E-state index contributed by atoms with van der Waals surface area (Å²) in [4.78, 5) is 18.7. The molecule has 124 valence electrons. The van der Waals surface area contributed by atoms with Crippen molar-refractivity contribution in [2.24, 2.45) is 0 Å². The van der Waals surface area contributed by atoms with Gasteiger partial charge in [-0.15, -0.1) is 0 Å². The first kappa shape index (κ1) is 15.7. The van der Waals surface area contributed by atoms with Gasteiger partial charge in [0.15, 0.2) is 11.6 Å². The van der Waals surface area contributed by atoms with Gasteiger partial charge in [-0.3, -0.25) is 4.79 Å². The van der Waals surface area contributed by atoms with Gasteiger partial charge in [0.25, 0.3) is 0 Å². The zero-order valence-electron chi connectivity index (χ0n) is 13.8. The molecule has 7 heteroatoms. The Labute approximate surface area is 135 Å². The molecule has 1 aliphatic heterocycles. The maximum atomic E-state index is 12.5. The Morgan fingerprint density at radius 3 is 2.87 bits per heavy atom. The summed E-state index contributed by atoms with van der Waals surface area (Å²) in [7, 11) is 0. The topological polar surface area (TPSA) is 85.3 Å². The van der Waals surface area contributed by atoms with Crippen molar-refractivity contribution in [1.29, 1.82) is 0 Å². The molecule has 3 heterocycles. The average Bonchev–Trinajstić information content (AvgIpc) is 3.24. The molecule has 0 aromatic carbocycles. The third kappa shape index (κ3) is 3.43. The second-order valence-corrected chi connectivity index (χ2v) is 6.32. The zero-order valence-corrected chi connectivity index (χ0v) is 13.8. The molecule has 3 rings (SSSR count). The van der Waals surface area contributed by atoms with Crippen molar-refractivity contribution < 1.29 is 13.8 Å². The molecule has 0 bridgehead atoms. The zero-order chi connectivity index (χ0) is 16.4. The smallest absolute Gasteiger partial charge is 0.227 e. The number of aromatic nitrogens is 3. The normalized spacial score (nSPS) is 18.1. The highest BCUT2D eigenvalue weighted by molar-refractivity contribution is 5.77. The summed E-state index contributed by atoms with van der Waals surface area (Å²) in [5.74, 6) is 2.29. The van der Waals surface area contributed by atoms with Gasteiger partial charge in [-0.2, -0.15) is 4.98 Å². The number of amides is 1. The predicted molar refractivity (Wildman–Crippen MR) is 81.6 cm³/mol. The Hall–Kier alpha value is -2.18. The van der Waals surface area contributed by atoms with Crippen molar-refractivity contribution in [2.45, 2.75) is 58.4 Å². The van der Waals surface area contributed by atoms with Crippen molar-refractivity contribution in [3.8, 4) is 0 Å². The van der Waals surface area contributed by atoms with E-state index in [0.29, 0.717) is 24.6 Å². The van der Waals surface area contributed by atoms with E-state index in [1.54, 1.807) is 0 Å². The SMILES string of the molecule is Cc1cc([C@H]2CCCN2C(=O)CCc2nc(C(C)C)no2)on1. The summed E-state index contributed by atoms with van der Waals surface area (Å²) in [5, 5.41) is 7.84. The summed E-state index contributed by atoms with van der Waals surface area (Å²) in [6, 6.07) is 1.90. The lowest BCUT2D eigenvalue weighted by atomic mass is 10.1. The maximum absolute atomic E-state index is 12.5. The summed E-state index contributed by atoms with van der Waals surface area (Å²) in [6.07, 6.45) is 2.73. The lowest BCUT2D eigenvalue weighted by Crippen LogP contribution is -2.30. The Morgan fingerprint density at radius 1 is 1.39 bits per heavy atom. The molecule has 0 unspecified atom stereocenters. The molecule has 0 aliphatic carbocycles. The number of rotatable bonds is 5. The monoisotopic (exact) mass is 318 g/mol. The Kier molecular flexibility index (Phi) is 4.45. The fourth-order valence-corrected chi connectivity index (χ4v) is 2.86. The molecule has 0 N–H and O–H groups in total. The van der Waals surface area contributed by atoms with Crippen molar-refractivity contribution in [1.82, 2.24) is 20.2 Å². The van der Waals surface area contributed by atoms with E-state index in [-0.39, 0.29) is 17.9 Å². The molecule has 1 aliphatic rings. The highest BCUT2D eigenvalue weighted by atomic mass is 16.5. The number of hydrogen-bond donors (Lipinski definition) is 0. The van der Waals surface area contributed by atoms with E-state index in [0.717, 1.165) is 30.8 Å². The molecule has 2 aromatic rings. The maximum Gasteiger partial charge on any atom is 0.227 e. The van der Waals surface area contributed by atoms with Crippen LogP contribution in [0.2, 0.25) is 0 Å². The quantitative estimate of drug-likeness (QED) is 0.842. The largest absolute Gasteiger partial charge is 0.359 e. The molecular weight excluding hydrogens is 296 g/mol. The fourth-order valence-electron chi connectivity index (χ4n) is 2.86. The minimum absolute atomic E-state index is 0.00221. The van der Waals surface area contributed by atoms with Gasteiger partial charge in [-0.05, 0) is 19.8 Å². The second kappa shape index (κ2) is 6.52. The summed E-state index contributed by atoms with van der Waals surface area (Å²) in [6.45, 7) is 6.66. The van der Waals surface area contributed by atoms with Crippen LogP contribution in [0.4, 0.5) is 0 Å².